The van der Waals surface area contributed by atoms with Gasteiger partial charge in [0, 0.05) is 12.5 Å². The third-order valence-corrected chi connectivity index (χ3v) is 4.54. The highest BCUT2D eigenvalue weighted by molar-refractivity contribution is 5.92. The number of nitrogens with one attached hydrogen (secondary N) is 1. The van der Waals surface area contributed by atoms with Gasteiger partial charge < -0.3 is 9.73 Å². The van der Waals surface area contributed by atoms with E-state index in [9.17, 15) is 4.79 Å². The topological polar surface area (TPSA) is 63.3 Å². The van der Waals surface area contributed by atoms with Crippen LogP contribution in [-0.2, 0) is 5.54 Å². The first-order chi connectivity index (χ1) is 11.8. The molecule has 0 unspecified atom stereocenters. The summed E-state index contributed by atoms with van der Waals surface area (Å²) in [4.78, 5) is 14.9. The number of aromatic nitrogens is 2. The highest BCUT2D eigenvalue weighted by Gasteiger charge is 2.31. The van der Waals surface area contributed by atoms with E-state index < -0.39 is 0 Å². The Hall–Kier alpha value is -2.08. The first-order valence-electron chi connectivity index (χ1n) is 8.86. The molecule has 2 aromatic heterocycles. The maximum Gasteiger partial charge on any atom is 0.269 e. The molecule has 2 aromatic rings. The molecule has 3 rings (SSSR count). The minimum atomic E-state index is -0.234. The average Bonchev–Trinajstić information content (AvgIpc) is 3.06. The van der Waals surface area contributed by atoms with Crippen LogP contribution in [0.15, 0.2) is 28.9 Å². The van der Waals surface area contributed by atoms with E-state index >= 15 is 0 Å². The van der Waals surface area contributed by atoms with Gasteiger partial charge in [-0.2, -0.15) is 5.10 Å². The quantitative estimate of drug-likeness (QED) is 0.874. The Morgan fingerprint density at radius 3 is 2.68 bits per heavy atom. The number of carbonyl (C=O) groups excluding carboxylic acids is 1. The van der Waals surface area contributed by atoms with Crippen molar-refractivity contribution in [2.45, 2.75) is 51.1 Å². The molecule has 1 aliphatic carbocycles. The molecule has 1 fully saturated rings. The number of furan rings is 1. The maximum atomic E-state index is 12.8. The Morgan fingerprint density at radius 1 is 1.44 bits per heavy atom. The fourth-order valence-corrected chi connectivity index (χ4v) is 2.95. The fourth-order valence-electron chi connectivity index (χ4n) is 2.95. The van der Waals surface area contributed by atoms with Gasteiger partial charge in [0.1, 0.15) is 11.5 Å². The number of rotatable bonds is 6. The minimum Gasteiger partial charge on any atom is -0.468 e. The SMILES string of the molecule is CN(C)[C@H](CNC(=O)c1cc(C2CC2)nn1C(C)(C)C)c1ccco1. The Bertz CT molecular complexity index is 721. The van der Waals surface area contributed by atoms with Crippen molar-refractivity contribution in [3.05, 3.63) is 41.6 Å². The number of nitrogens with zero attached hydrogens (tertiary/aromatic N) is 3. The van der Waals surface area contributed by atoms with Gasteiger partial charge in [-0.15, -0.1) is 0 Å². The minimum absolute atomic E-state index is 0.00661. The van der Waals surface area contributed by atoms with E-state index in [4.69, 9.17) is 9.52 Å². The number of carbonyl (C=O) groups is 1. The molecule has 25 heavy (non-hydrogen) atoms. The Labute approximate surface area is 149 Å². The Morgan fingerprint density at radius 2 is 2.16 bits per heavy atom. The normalized spacial score (nSPS) is 16.2. The number of hydrogen-bond donors (Lipinski definition) is 1. The molecule has 1 aliphatic rings. The highest BCUT2D eigenvalue weighted by Crippen LogP contribution is 2.40. The molecule has 6 nitrogen and oxygen atoms in total. The van der Waals surface area contributed by atoms with Crippen molar-refractivity contribution in [3.63, 3.8) is 0 Å². The first kappa shape index (κ1) is 17.7. The van der Waals surface area contributed by atoms with Crippen LogP contribution in [-0.4, -0.2) is 41.2 Å². The molecule has 0 saturated heterocycles. The summed E-state index contributed by atoms with van der Waals surface area (Å²) in [6.07, 6.45) is 4.00. The number of hydrogen-bond acceptors (Lipinski definition) is 4. The summed E-state index contributed by atoms with van der Waals surface area (Å²) in [5.41, 5.74) is 1.43. The summed E-state index contributed by atoms with van der Waals surface area (Å²) in [6, 6.07) is 5.74. The van der Waals surface area contributed by atoms with Gasteiger partial charge in [0.15, 0.2) is 0 Å². The maximum absolute atomic E-state index is 12.8. The lowest BCUT2D eigenvalue weighted by atomic mass is 10.1. The summed E-state index contributed by atoms with van der Waals surface area (Å²) in [7, 11) is 3.95. The van der Waals surface area contributed by atoms with E-state index in [1.807, 2.05) is 41.9 Å². The largest absolute Gasteiger partial charge is 0.468 e. The van der Waals surface area contributed by atoms with Crippen LogP contribution >= 0.6 is 0 Å². The van der Waals surface area contributed by atoms with Crippen molar-refractivity contribution >= 4 is 5.91 Å². The lowest BCUT2D eigenvalue weighted by Crippen LogP contribution is -2.37. The van der Waals surface area contributed by atoms with Gasteiger partial charge in [-0.3, -0.25) is 14.4 Å². The van der Waals surface area contributed by atoms with E-state index in [0.717, 1.165) is 11.5 Å². The lowest BCUT2D eigenvalue weighted by Gasteiger charge is -2.24. The molecular formula is C19H28N4O2. The van der Waals surface area contributed by atoms with Crippen molar-refractivity contribution < 1.29 is 9.21 Å². The van der Waals surface area contributed by atoms with Crippen LogP contribution < -0.4 is 5.32 Å². The Kier molecular flexibility index (Phi) is 4.73. The number of amides is 1. The predicted molar refractivity (Wildman–Crippen MR) is 96.7 cm³/mol. The smallest absolute Gasteiger partial charge is 0.269 e. The Balaban J connectivity index is 1.76. The van der Waals surface area contributed by atoms with E-state index in [-0.39, 0.29) is 17.5 Å². The van der Waals surface area contributed by atoms with Gasteiger partial charge in [-0.1, -0.05) is 0 Å². The molecule has 0 bridgehead atoms. The molecule has 136 valence electrons. The standard InChI is InChI=1S/C19H28N4O2/c1-19(2,3)23-15(11-14(21-23)13-8-9-13)18(24)20-12-16(22(4)5)17-7-6-10-25-17/h6-7,10-11,13,16H,8-9,12H2,1-5H3,(H,20,24)/t16-/m1/s1. The van der Waals surface area contributed by atoms with Crippen molar-refractivity contribution in [1.29, 1.82) is 0 Å². The predicted octanol–water partition coefficient (Wildman–Crippen LogP) is 3.14. The zero-order chi connectivity index (χ0) is 18.2. The molecule has 2 heterocycles. The summed E-state index contributed by atoms with van der Waals surface area (Å²) in [6.45, 7) is 6.68. The van der Waals surface area contributed by atoms with Crippen LogP contribution in [0.25, 0.3) is 0 Å². The third-order valence-electron chi connectivity index (χ3n) is 4.54. The summed E-state index contributed by atoms with van der Waals surface area (Å²) in [5.74, 6) is 1.27. The van der Waals surface area contributed by atoms with Crippen molar-refractivity contribution in [3.8, 4) is 0 Å². The van der Waals surface area contributed by atoms with Gasteiger partial charge in [0.25, 0.3) is 5.91 Å². The van der Waals surface area contributed by atoms with Crippen LogP contribution in [0.2, 0.25) is 0 Å². The van der Waals surface area contributed by atoms with Gasteiger partial charge in [0.2, 0.25) is 0 Å². The molecular weight excluding hydrogens is 316 g/mol. The summed E-state index contributed by atoms with van der Waals surface area (Å²) < 4.78 is 7.36. The third kappa shape index (κ3) is 3.95. The second kappa shape index (κ2) is 6.67. The van der Waals surface area contributed by atoms with E-state index in [0.29, 0.717) is 18.2 Å². The fraction of sp³-hybridized carbons (Fsp3) is 0.579. The van der Waals surface area contributed by atoms with Gasteiger partial charge in [-0.05, 0) is 65.9 Å². The molecule has 0 radical (unpaired) electrons. The average molecular weight is 344 g/mol. The van der Waals surface area contributed by atoms with Crippen LogP contribution in [0, 0.1) is 0 Å². The molecule has 6 heteroatoms. The van der Waals surface area contributed by atoms with Gasteiger partial charge in [-0.25, -0.2) is 0 Å². The molecule has 1 amide bonds. The molecule has 1 atom stereocenters. The molecule has 0 aliphatic heterocycles. The van der Waals surface area contributed by atoms with E-state index in [1.165, 1.54) is 12.8 Å². The van der Waals surface area contributed by atoms with Crippen LogP contribution in [0.3, 0.4) is 0 Å². The molecule has 0 aromatic carbocycles. The van der Waals surface area contributed by atoms with Gasteiger partial charge in [0.05, 0.1) is 23.5 Å². The summed E-state index contributed by atoms with van der Waals surface area (Å²) >= 11 is 0. The van der Waals surface area contributed by atoms with Crippen molar-refractivity contribution in [1.82, 2.24) is 20.0 Å². The zero-order valence-corrected chi connectivity index (χ0v) is 15.7. The van der Waals surface area contributed by atoms with Crippen LogP contribution in [0.4, 0.5) is 0 Å². The van der Waals surface area contributed by atoms with Crippen molar-refractivity contribution in [2.75, 3.05) is 20.6 Å². The second-order valence-electron chi connectivity index (χ2n) is 8.02. The van der Waals surface area contributed by atoms with E-state index in [1.54, 1.807) is 6.26 Å². The zero-order valence-electron chi connectivity index (χ0n) is 15.7. The summed E-state index contributed by atoms with van der Waals surface area (Å²) in [5, 5.41) is 7.76. The number of likely N-dealkylation sites (N-methyl/N-ethyl adjacent to an activating group) is 1. The first-order valence-corrected chi connectivity index (χ1v) is 8.86. The van der Waals surface area contributed by atoms with E-state index in [2.05, 4.69) is 26.1 Å². The molecule has 1 saturated carbocycles. The second-order valence-corrected chi connectivity index (χ2v) is 8.02. The molecule has 1 N–H and O–H groups in total. The molecule has 0 spiro atoms. The lowest BCUT2D eigenvalue weighted by molar-refractivity contribution is 0.0920. The van der Waals surface area contributed by atoms with Gasteiger partial charge >= 0.3 is 0 Å². The van der Waals surface area contributed by atoms with Crippen LogP contribution in [0.5, 0.6) is 0 Å². The monoisotopic (exact) mass is 344 g/mol. The van der Waals surface area contributed by atoms with Crippen molar-refractivity contribution in [2.24, 2.45) is 0 Å². The van der Waals surface area contributed by atoms with Crippen LogP contribution in [0.1, 0.15) is 67.5 Å². The highest BCUT2D eigenvalue weighted by atomic mass is 16.3.